The summed E-state index contributed by atoms with van der Waals surface area (Å²) in [6.45, 7) is 9.84. The molecule has 0 radical (unpaired) electrons. The molecule has 0 aliphatic carbocycles. The van der Waals surface area contributed by atoms with Crippen molar-refractivity contribution in [1.29, 1.82) is 0 Å². The number of rotatable bonds is 8. The molecule has 0 fully saturated rings. The molecule has 0 unspecified atom stereocenters. The molecule has 1 rings (SSSR count). The number of anilines is 1. The van der Waals surface area contributed by atoms with E-state index in [1.165, 1.54) is 0 Å². The molecule has 1 aromatic rings. The molecule has 0 saturated heterocycles. The van der Waals surface area contributed by atoms with Gasteiger partial charge in [-0.25, -0.2) is 10.8 Å². The van der Waals surface area contributed by atoms with Crippen LogP contribution in [-0.4, -0.2) is 41.1 Å². The number of nitrogens with zero attached hydrogens (tertiary/aromatic N) is 3. The minimum Gasteiger partial charge on any atom is -0.476 e. The lowest BCUT2D eigenvalue weighted by atomic mass is 10.4. The molecule has 0 bridgehead atoms. The predicted octanol–water partition coefficient (Wildman–Crippen LogP) is 1.05. The van der Waals surface area contributed by atoms with Gasteiger partial charge in [0, 0.05) is 19.0 Å². The third-order valence-corrected chi connectivity index (χ3v) is 2.76. The first-order valence-electron chi connectivity index (χ1n) is 6.43. The average Bonchev–Trinajstić information content (AvgIpc) is 2.43. The van der Waals surface area contributed by atoms with Crippen LogP contribution >= 0.6 is 0 Å². The highest BCUT2D eigenvalue weighted by Crippen LogP contribution is 2.13. The zero-order chi connectivity index (χ0) is 13.4. The van der Waals surface area contributed by atoms with Gasteiger partial charge in [-0.15, -0.1) is 0 Å². The first-order valence-corrected chi connectivity index (χ1v) is 6.43. The summed E-state index contributed by atoms with van der Waals surface area (Å²) >= 11 is 0. The lowest BCUT2D eigenvalue weighted by Gasteiger charge is -2.17. The van der Waals surface area contributed by atoms with E-state index in [1.807, 2.05) is 6.92 Å². The number of hydrogen-bond acceptors (Lipinski definition) is 6. The van der Waals surface area contributed by atoms with Crippen molar-refractivity contribution in [2.45, 2.75) is 27.2 Å². The Balaban J connectivity index is 2.55. The lowest BCUT2D eigenvalue weighted by molar-refractivity contribution is 0.217. The minimum atomic E-state index is 0.571. The van der Waals surface area contributed by atoms with Gasteiger partial charge in [-0.05, 0) is 13.1 Å². The van der Waals surface area contributed by atoms with Crippen molar-refractivity contribution in [3.05, 3.63) is 11.9 Å². The molecular weight excluding hydrogens is 230 g/mol. The minimum absolute atomic E-state index is 0.571. The van der Waals surface area contributed by atoms with Crippen LogP contribution < -0.4 is 16.0 Å². The summed E-state index contributed by atoms with van der Waals surface area (Å²) in [4.78, 5) is 10.8. The van der Waals surface area contributed by atoms with E-state index in [4.69, 9.17) is 10.6 Å². The molecule has 3 N–H and O–H groups in total. The molecule has 1 heterocycles. The number of nitrogen functional groups attached to an aromatic ring is 1. The fraction of sp³-hybridized carbons (Fsp3) is 0.667. The SMILES string of the molecule is CCc1nc(NN)cc(OCCN(CC)CC)n1. The van der Waals surface area contributed by atoms with E-state index in [-0.39, 0.29) is 0 Å². The Labute approximate surface area is 109 Å². The van der Waals surface area contributed by atoms with Gasteiger partial charge in [-0.2, -0.15) is 4.98 Å². The molecule has 0 atom stereocenters. The molecule has 1 aromatic heterocycles. The summed E-state index contributed by atoms with van der Waals surface area (Å²) in [5.74, 6) is 7.24. The van der Waals surface area contributed by atoms with Crippen LogP contribution in [0.4, 0.5) is 5.82 Å². The van der Waals surface area contributed by atoms with Crippen LogP contribution in [-0.2, 0) is 6.42 Å². The average molecular weight is 253 g/mol. The number of hydrazine groups is 1. The molecule has 0 saturated carbocycles. The van der Waals surface area contributed by atoms with Crippen LogP contribution in [0.1, 0.15) is 26.6 Å². The Morgan fingerprint density at radius 1 is 1.28 bits per heavy atom. The van der Waals surface area contributed by atoms with Gasteiger partial charge in [0.2, 0.25) is 5.88 Å². The maximum Gasteiger partial charge on any atom is 0.218 e. The van der Waals surface area contributed by atoms with Crippen molar-refractivity contribution in [1.82, 2.24) is 14.9 Å². The van der Waals surface area contributed by atoms with Gasteiger partial charge in [-0.3, -0.25) is 0 Å². The zero-order valence-electron chi connectivity index (χ0n) is 11.4. The highest BCUT2D eigenvalue weighted by molar-refractivity contribution is 5.36. The Morgan fingerprint density at radius 3 is 2.56 bits per heavy atom. The van der Waals surface area contributed by atoms with Gasteiger partial charge in [0.1, 0.15) is 18.2 Å². The number of nitrogens with one attached hydrogen (secondary N) is 1. The fourth-order valence-electron chi connectivity index (χ4n) is 1.60. The van der Waals surface area contributed by atoms with Gasteiger partial charge < -0.3 is 15.1 Å². The van der Waals surface area contributed by atoms with Crippen molar-refractivity contribution >= 4 is 5.82 Å². The maximum absolute atomic E-state index is 5.64. The van der Waals surface area contributed by atoms with Crippen molar-refractivity contribution in [3.63, 3.8) is 0 Å². The van der Waals surface area contributed by atoms with E-state index in [0.717, 1.165) is 31.9 Å². The van der Waals surface area contributed by atoms with Gasteiger partial charge in [0.05, 0.1) is 0 Å². The standard InChI is InChI=1S/C12H23N5O/c1-4-10-14-11(16-13)9-12(15-10)18-8-7-17(5-2)6-3/h9H,4-8,13H2,1-3H3,(H,14,15,16). The van der Waals surface area contributed by atoms with Gasteiger partial charge in [0.15, 0.2) is 0 Å². The number of aromatic nitrogens is 2. The molecule has 18 heavy (non-hydrogen) atoms. The van der Waals surface area contributed by atoms with Crippen molar-refractivity contribution in [2.24, 2.45) is 5.84 Å². The first kappa shape index (κ1) is 14.7. The van der Waals surface area contributed by atoms with Crippen LogP contribution in [0.5, 0.6) is 5.88 Å². The van der Waals surface area contributed by atoms with Crippen LogP contribution in [0.3, 0.4) is 0 Å². The first-order chi connectivity index (χ1) is 8.73. The Bertz CT molecular complexity index is 332. The van der Waals surface area contributed by atoms with Crippen LogP contribution in [0.15, 0.2) is 6.07 Å². The van der Waals surface area contributed by atoms with Crippen molar-refractivity contribution < 1.29 is 4.74 Å². The molecule has 6 heteroatoms. The normalized spacial score (nSPS) is 10.7. The number of hydrogen-bond donors (Lipinski definition) is 2. The van der Waals surface area contributed by atoms with E-state index in [0.29, 0.717) is 18.3 Å². The summed E-state index contributed by atoms with van der Waals surface area (Å²) in [5, 5.41) is 0. The van der Waals surface area contributed by atoms with E-state index in [2.05, 4.69) is 34.1 Å². The van der Waals surface area contributed by atoms with E-state index in [1.54, 1.807) is 6.07 Å². The molecule has 6 nitrogen and oxygen atoms in total. The second-order valence-electron chi connectivity index (χ2n) is 3.88. The smallest absolute Gasteiger partial charge is 0.218 e. The molecule has 0 aliphatic rings. The Morgan fingerprint density at radius 2 is 2.00 bits per heavy atom. The molecule has 102 valence electrons. The zero-order valence-corrected chi connectivity index (χ0v) is 11.4. The monoisotopic (exact) mass is 253 g/mol. The van der Waals surface area contributed by atoms with E-state index in [9.17, 15) is 0 Å². The topological polar surface area (TPSA) is 76.3 Å². The third kappa shape index (κ3) is 4.46. The summed E-state index contributed by atoms with van der Waals surface area (Å²) in [6.07, 6.45) is 0.752. The van der Waals surface area contributed by atoms with Gasteiger partial charge in [-0.1, -0.05) is 20.8 Å². The fourth-order valence-corrected chi connectivity index (χ4v) is 1.60. The number of nitrogens with two attached hydrogens (primary N) is 1. The Kier molecular flexibility index (Phi) is 6.38. The quantitative estimate of drug-likeness (QED) is 0.532. The molecule has 0 amide bonds. The maximum atomic E-state index is 5.64. The highest BCUT2D eigenvalue weighted by Gasteiger charge is 2.04. The van der Waals surface area contributed by atoms with Crippen molar-refractivity contribution in [3.8, 4) is 5.88 Å². The summed E-state index contributed by atoms with van der Waals surface area (Å²) in [7, 11) is 0. The highest BCUT2D eigenvalue weighted by atomic mass is 16.5. The largest absolute Gasteiger partial charge is 0.476 e. The van der Waals surface area contributed by atoms with E-state index >= 15 is 0 Å². The van der Waals surface area contributed by atoms with Crippen molar-refractivity contribution in [2.75, 3.05) is 31.7 Å². The van der Waals surface area contributed by atoms with Gasteiger partial charge in [0.25, 0.3) is 0 Å². The molecule has 0 spiro atoms. The van der Waals surface area contributed by atoms with Gasteiger partial charge >= 0.3 is 0 Å². The van der Waals surface area contributed by atoms with Crippen LogP contribution in [0.25, 0.3) is 0 Å². The van der Waals surface area contributed by atoms with Crippen LogP contribution in [0.2, 0.25) is 0 Å². The molecule has 0 aromatic carbocycles. The summed E-state index contributed by atoms with van der Waals surface area (Å²) in [6, 6.07) is 1.71. The molecule has 0 aliphatic heterocycles. The second-order valence-corrected chi connectivity index (χ2v) is 3.88. The third-order valence-electron chi connectivity index (χ3n) is 2.76. The summed E-state index contributed by atoms with van der Waals surface area (Å²) < 4.78 is 5.64. The molecular formula is C12H23N5O. The predicted molar refractivity (Wildman–Crippen MR) is 72.5 cm³/mol. The van der Waals surface area contributed by atoms with Crippen LogP contribution in [0, 0.1) is 0 Å². The van der Waals surface area contributed by atoms with E-state index < -0.39 is 0 Å². The number of ether oxygens (including phenoxy) is 1. The summed E-state index contributed by atoms with van der Waals surface area (Å²) in [5.41, 5.74) is 2.52. The second kappa shape index (κ2) is 7.84. The number of likely N-dealkylation sites (N-methyl/N-ethyl adjacent to an activating group) is 1. The Hall–Kier alpha value is -1.40. The number of aryl methyl sites for hydroxylation is 1. The lowest BCUT2D eigenvalue weighted by Crippen LogP contribution is -2.28.